The molecule has 0 amide bonds. The topological polar surface area (TPSA) is 51.1 Å². The number of esters is 1. The Balaban J connectivity index is 2.03. The highest BCUT2D eigenvalue weighted by atomic mass is 35.5. The average Bonchev–Trinajstić information content (AvgIpc) is 3.07. The molecule has 2 heterocycles. The van der Waals surface area contributed by atoms with E-state index in [2.05, 4.69) is 11.6 Å². The van der Waals surface area contributed by atoms with Crippen LogP contribution in [0.2, 0.25) is 5.02 Å². The van der Waals surface area contributed by atoms with E-state index in [9.17, 15) is 4.79 Å². The third kappa shape index (κ3) is 3.52. The SMILES string of the molecule is C=CCOc1ccc([C@H]2C(C(=O)OCC)=C(C)N=C3SC=CN32)cc1Cl. The number of thioether (sulfide) groups is 1. The molecule has 1 aromatic carbocycles. The number of hydrogen-bond donors (Lipinski definition) is 0. The standard InChI is InChI=1S/C19H19ClN2O3S/c1-4-9-25-15-7-6-13(11-14(15)20)17-16(18(23)24-5-2)12(3)21-19-22(17)8-10-26-19/h4,6-8,10-11,17H,1,5,9H2,2-3H3/t17-/m0/s1. The van der Waals surface area contributed by atoms with E-state index in [-0.39, 0.29) is 12.0 Å². The monoisotopic (exact) mass is 390 g/mol. The average molecular weight is 391 g/mol. The highest BCUT2D eigenvalue weighted by Crippen LogP contribution is 2.42. The van der Waals surface area contributed by atoms with Crippen molar-refractivity contribution in [1.82, 2.24) is 4.90 Å². The van der Waals surface area contributed by atoms with Gasteiger partial charge >= 0.3 is 5.97 Å². The fourth-order valence-corrected chi connectivity index (χ4v) is 3.89. The Bertz CT molecular complexity index is 832. The molecule has 0 saturated heterocycles. The molecule has 26 heavy (non-hydrogen) atoms. The van der Waals surface area contributed by atoms with Crippen LogP contribution < -0.4 is 4.74 Å². The quantitative estimate of drug-likeness (QED) is 0.521. The fraction of sp³-hybridized carbons (Fsp3) is 0.263. The first-order valence-electron chi connectivity index (χ1n) is 8.18. The van der Waals surface area contributed by atoms with E-state index < -0.39 is 0 Å². The van der Waals surface area contributed by atoms with Crippen LogP contribution in [0.4, 0.5) is 0 Å². The Labute approximate surface area is 162 Å². The minimum Gasteiger partial charge on any atom is -0.488 e. The van der Waals surface area contributed by atoms with Crippen LogP contribution in [0.25, 0.3) is 0 Å². The predicted molar refractivity (Wildman–Crippen MR) is 105 cm³/mol. The summed E-state index contributed by atoms with van der Waals surface area (Å²) in [4.78, 5) is 19.1. The molecule has 136 valence electrons. The molecule has 2 aliphatic rings. The predicted octanol–water partition coefficient (Wildman–Crippen LogP) is 4.67. The van der Waals surface area contributed by atoms with Crippen LogP contribution in [0.3, 0.4) is 0 Å². The van der Waals surface area contributed by atoms with Crippen molar-refractivity contribution in [1.29, 1.82) is 0 Å². The molecule has 0 radical (unpaired) electrons. The summed E-state index contributed by atoms with van der Waals surface area (Å²) < 4.78 is 10.8. The van der Waals surface area contributed by atoms with Gasteiger partial charge < -0.3 is 14.4 Å². The lowest BCUT2D eigenvalue weighted by Gasteiger charge is -2.33. The lowest BCUT2D eigenvalue weighted by Crippen LogP contribution is -2.34. The molecule has 7 heteroatoms. The molecule has 2 aliphatic heterocycles. The van der Waals surface area contributed by atoms with Gasteiger partial charge in [0.25, 0.3) is 0 Å². The molecule has 0 aromatic heterocycles. The summed E-state index contributed by atoms with van der Waals surface area (Å²) in [6.07, 6.45) is 3.57. The second kappa shape index (κ2) is 8.01. The van der Waals surface area contributed by atoms with E-state index in [1.807, 2.05) is 35.6 Å². The molecule has 0 aliphatic carbocycles. The van der Waals surface area contributed by atoms with E-state index in [0.29, 0.717) is 35.3 Å². The van der Waals surface area contributed by atoms with Crippen molar-refractivity contribution in [3.05, 3.63) is 64.3 Å². The number of hydrogen-bond acceptors (Lipinski definition) is 6. The molecule has 0 saturated carbocycles. The minimum atomic E-state index is -0.369. The zero-order chi connectivity index (χ0) is 18.7. The van der Waals surface area contributed by atoms with Crippen LogP contribution in [0.1, 0.15) is 25.5 Å². The first-order chi connectivity index (χ1) is 12.6. The van der Waals surface area contributed by atoms with Crippen LogP contribution in [-0.2, 0) is 9.53 Å². The lowest BCUT2D eigenvalue weighted by molar-refractivity contribution is -0.139. The van der Waals surface area contributed by atoms with E-state index >= 15 is 0 Å². The number of benzene rings is 1. The van der Waals surface area contributed by atoms with E-state index in [1.54, 1.807) is 19.1 Å². The molecule has 0 N–H and O–H groups in total. The molecule has 0 fully saturated rings. The third-order valence-electron chi connectivity index (χ3n) is 3.94. The highest BCUT2D eigenvalue weighted by molar-refractivity contribution is 8.16. The highest BCUT2D eigenvalue weighted by Gasteiger charge is 2.37. The summed E-state index contributed by atoms with van der Waals surface area (Å²) in [7, 11) is 0. The van der Waals surface area contributed by atoms with Crippen LogP contribution in [0.15, 0.2) is 58.7 Å². The van der Waals surface area contributed by atoms with Gasteiger partial charge in [0.2, 0.25) is 0 Å². The molecule has 0 unspecified atom stereocenters. The molecular formula is C19H19ClN2O3S. The summed E-state index contributed by atoms with van der Waals surface area (Å²) in [5, 5.41) is 3.24. The number of ether oxygens (including phenoxy) is 2. The van der Waals surface area contributed by atoms with Crippen molar-refractivity contribution in [2.45, 2.75) is 19.9 Å². The number of amidine groups is 1. The maximum Gasteiger partial charge on any atom is 0.338 e. The lowest BCUT2D eigenvalue weighted by atomic mass is 9.95. The Morgan fingerprint density at radius 1 is 1.50 bits per heavy atom. The zero-order valence-corrected chi connectivity index (χ0v) is 16.1. The number of fused-ring (bicyclic) bond motifs is 1. The summed E-state index contributed by atoms with van der Waals surface area (Å²) in [5.41, 5.74) is 2.03. The molecule has 0 spiro atoms. The van der Waals surface area contributed by atoms with Crippen molar-refractivity contribution in [2.24, 2.45) is 4.99 Å². The Morgan fingerprint density at radius 3 is 3.00 bits per heavy atom. The van der Waals surface area contributed by atoms with Gasteiger partial charge in [0.1, 0.15) is 12.4 Å². The number of aliphatic imine (C=N–C) groups is 1. The number of carbonyl (C=O) groups is 1. The molecule has 5 nitrogen and oxygen atoms in total. The number of rotatable bonds is 6. The summed E-state index contributed by atoms with van der Waals surface area (Å²) in [5.74, 6) is 0.205. The van der Waals surface area contributed by atoms with Crippen molar-refractivity contribution in [2.75, 3.05) is 13.2 Å². The summed E-state index contributed by atoms with van der Waals surface area (Å²) >= 11 is 7.90. The van der Waals surface area contributed by atoms with Crippen LogP contribution in [-0.4, -0.2) is 29.3 Å². The number of nitrogens with zero attached hydrogens (tertiary/aromatic N) is 2. The van der Waals surface area contributed by atoms with Gasteiger partial charge in [-0.2, -0.15) is 0 Å². The zero-order valence-electron chi connectivity index (χ0n) is 14.6. The summed E-state index contributed by atoms with van der Waals surface area (Å²) in [6.45, 7) is 7.92. The van der Waals surface area contributed by atoms with Crippen molar-refractivity contribution >= 4 is 34.5 Å². The summed E-state index contributed by atoms with van der Waals surface area (Å²) in [6, 6.07) is 5.18. The number of allylic oxidation sites excluding steroid dienone is 1. The van der Waals surface area contributed by atoms with Crippen LogP contribution in [0, 0.1) is 0 Å². The third-order valence-corrected chi connectivity index (χ3v) is 5.01. The van der Waals surface area contributed by atoms with Crippen molar-refractivity contribution in [3.8, 4) is 5.75 Å². The first-order valence-corrected chi connectivity index (χ1v) is 9.44. The second-order valence-electron chi connectivity index (χ2n) is 5.62. The van der Waals surface area contributed by atoms with Gasteiger partial charge in [-0.15, -0.1) is 0 Å². The van der Waals surface area contributed by atoms with E-state index in [4.69, 9.17) is 21.1 Å². The van der Waals surface area contributed by atoms with E-state index in [1.165, 1.54) is 11.8 Å². The number of halogens is 1. The van der Waals surface area contributed by atoms with Gasteiger partial charge in [0.05, 0.1) is 28.9 Å². The normalized spacial score (nSPS) is 18.5. The van der Waals surface area contributed by atoms with Gasteiger partial charge in [0, 0.05) is 6.20 Å². The Hall–Kier alpha value is -2.18. The maximum absolute atomic E-state index is 12.6. The van der Waals surface area contributed by atoms with Crippen molar-refractivity contribution in [3.63, 3.8) is 0 Å². The fourth-order valence-electron chi connectivity index (χ4n) is 2.85. The van der Waals surface area contributed by atoms with Crippen molar-refractivity contribution < 1.29 is 14.3 Å². The van der Waals surface area contributed by atoms with Gasteiger partial charge in [0.15, 0.2) is 5.17 Å². The van der Waals surface area contributed by atoms with E-state index in [0.717, 1.165) is 10.7 Å². The van der Waals surface area contributed by atoms with Gasteiger partial charge in [-0.1, -0.05) is 42.1 Å². The largest absolute Gasteiger partial charge is 0.488 e. The van der Waals surface area contributed by atoms with Gasteiger partial charge in [-0.3, -0.25) is 0 Å². The molecular weight excluding hydrogens is 372 g/mol. The molecule has 0 bridgehead atoms. The molecule has 1 atom stereocenters. The Kier molecular flexibility index (Phi) is 5.74. The van der Waals surface area contributed by atoms with Crippen LogP contribution >= 0.6 is 23.4 Å². The number of carbonyl (C=O) groups excluding carboxylic acids is 1. The van der Waals surface area contributed by atoms with Crippen LogP contribution in [0.5, 0.6) is 5.75 Å². The minimum absolute atomic E-state index is 0.304. The molecule has 3 rings (SSSR count). The smallest absolute Gasteiger partial charge is 0.338 e. The maximum atomic E-state index is 12.6. The second-order valence-corrected chi connectivity index (χ2v) is 6.90. The van der Waals surface area contributed by atoms with Gasteiger partial charge in [-0.05, 0) is 37.0 Å². The first kappa shape index (κ1) is 18.6. The molecule has 1 aromatic rings. The Morgan fingerprint density at radius 2 is 2.31 bits per heavy atom. The van der Waals surface area contributed by atoms with Gasteiger partial charge in [-0.25, -0.2) is 9.79 Å².